The quantitative estimate of drug-likeness (QED) is 0.610. The highest BCUT2D eigenvalue weighted by Gasteiger charge is 2.19. The first kappa shape index (κ1) is 18.0. The molecule has 130 valence electrons. The Kier molecular flexibility index (Phi) is 6.27. The fourth-order valence-electron chi connectivity index (χ4n) is 3.10. The second-order valence-electron chi connectivity index (χ2n) is 7.33. The lowest BCUT2D eigenvalue weighted by atomic mass is 10.1. The van der Waals surface area contributed by atoms with E-state index in [9.17, 15) is 0 Å². The maximum absolute atomic E-state index is 9.14. The van der Waals surface area contributed by atoms with Crippen LogP contribution in [0, 0.1) is 6.92 Å². The molecule has 0 amide bonds. The Morgan fingerprint density at radius 2 is 1.91 bits per heavy atom. The summed E-state index contributed by atoms with van der Waals surface area (Å²) in [7, 11) is 4.38. The summed E-state index contributed by atoms with van der Waals surface area (Å²) in [5.74, 6) is 0. The Labute approximate surface area is 140 Å². The smallest absolute Gasteiger partial charge is 0.102 e. The third kappa shape index (κ3) is 5.37. The van der Waals surface area contributed by atoms with E-state index in [0.717, 1.165) is 61.5 Å². The first-order chi connectivity index (χ1) is 10.9. The minimum atomic E-state index is 0.261. The van der Waals surface area contributed by atoms with Crippen LogP contribution >= 0.6 is 0 Å². The molecule has 0 aromatic heterocycles. The van der Waals surface area contributed by atoms with Crippen molar-refractivity contribution in [2.75, 3.05) is 77.1 Å². The summed E-state index contributed by atoms with van der Waals surface area (Å²) < 4.78 is 0.883. The molecule has 0 spiro atoms. The summed E-state index contributed by atoms with van der Waals surface area (Å²) in [4.78, 5) is 5.03. The van der Waals surface area contributed by atoms with E-state index in [0.29, 0.717) is 0 Å². The molecule has 0 bridgehead atoms. The molecule has 0 atom stereocenters. The third-order valence-corrected chi connectivity index (χ3v) is 4.93. The molecule has 1 fully saturated rings. The van der Waals surface area contributed by atoms with Crippen LogP contribution in [0.4, 0.5) is 11.4 Å². The summed E-state index contributed by atoms with van der Waals surface area (Å²) in [5, 5.41) is 9.14. The van der Waals surface area contributed by atoms with Crippen molar-refractivity contribution in [2.45, 2.75) is 13.3 Å². The Morgan fingerprint density at radius 3 is 2.61 bits per heavy atom. The Balaban J connectivity index is 1.88. The fraction of sp³-hybridized carbons (Fsp3) is 0.667. The van der Waals surface area contributed by atoms with Crippen LogP contribution in [0.25, 0.3) is 0 Å². The van der Waals surface area contributed by atoms with Crippen LogP contribution in [0.1, 0.15) is 12.0 Å². The largest absolute Gasteiger partial charge is 0.399 e. The van der Waals surface area contributed by atoms with Crippen molar-refractivity contribution < 1.29 is 9.59 Å². The lowest BCUT2D eigenvalue weighted by Gasteiger charge is -2.31. The number of rotatable bonds is 6. The van der Waals surface area contributed by atoms with E-state index in [-0.39, 0.29) is 6.61 Å². The van der Waals surface area contributed by atoms with Gasteiger partial charge in [0.15, 0.2) is 0 Å². The third-order valence-electron chi connectivity index (χ3n) is 4.93. The molecule has 2 rings (SSSR count). The van der Waals surface area contributed by atoms with Gasteiger partial charge in [0, 0.05) is 44.1 Å². The van der Waals surface area contributed by atoms with Gasteiger partial charge in [-0.25, -0.2) is 0 Å². The number of nitrogens with zero attached hydrogens (tertiary/aromatic N) is 3. The number of hydrogen-bond donors (Lipinski definition) is 2. The monoisotopic (exact) mass is 321 g/mol. The molecule has 3 N–H and O–H groups in total. The van der Waals surface area contributed by atoms with Gasteiger partial charge in [0.2, 0.25) is 0 Å². The standard InChI is InChI=1S/C18H33N4O/c1-16-15-17(5-6-18(16)19)21-8-4-7-20(9-10-21)11-12-22(2,3)13-14-23/h5-6,15,23H,4,7-14,19H2,1-3H3/q+1. The van der Waals surface area contributed by atoms with Gasteiger partial charge in [0.05, 0.1) is 27.2 Å². The van der Waals surface area contributed by atoms with Crippen LogP contribution < -0.4 is 10.6 Å². The van der Waals surface area contributed by atoms with Gasteiger partial charge in [-0.05, 0) is 37.1 Å². The predicted molar refractivity (Wildman–Crippen MR) is 97.8 cm³/mol. The molecule has 1 aromatic rings. The van der Waals surface area contributed by atoms with Crippen LogP contribution in [0.2, 0.25) is 0 Å². The second kappa shape index (κ2) is 7.99. The topological polar surface area (TPSA) is 52.7 Å². The molecule has 1 aromatic carbocycles. The number of aliphatic hydroxyl groups is 1. The number of nitrogens with two attached hydrogens (primary N) is 1. The molecule has 0 radical (unpaired) electrons. The highest BCUT2D eigenvalue weighted by molar-refractivity contribution is 5.58. The van der Waals surface area contributed by atoms with Crippen LogP contribution in [-0.2, 0) is 0 Å². The van der Waals surface area contributed by atoms with Crippen molar-refractivity contribution in [1.29, 1.82) is 0 Å². The molecule has 0 saturated carbocycles. The number of anilines is 2. The van der Waals surface area contributed by atoms with E-state index in [2.05, 4.69) is 43.0 Å². The summed E-state index contributed by atoms with van der Waals surface area (Å²) >= 11 is 0. The van der Waals surface area contributed by atoms with Gasteiger partial charge in [-0.2, -0.15) is 0 Å². The summed E-state index contributed by atoms with van der Waals surface area (Å²) in [6.07, 6.45) is 1.19. The number of aryl methyl sites for hydroxylation is 1. The molecule has 5 nitrogen and oxygen atoms in total. The zero-order chi connectivity index (χ0) is 16.9. The maximum atomic E-state index is 9.14. The van der Waals surface area contributed by atoms with Crippen molar-refractivity contribution in [3.63, 3.8) is 0 Å². The molecular formula is C18H33N4O+. The average molecular weight is 321 g/mol. The minimum Gasteiger partial charge on any atom is -0.399 e. The van der Waals surface area contributed by atoms with Gasteiger partial charge < -0.3 is 20.2 Å². The fourth-order valence-corrected chi connectivity index (χ4v) is 3.10. The first-order valence-electron chi connectivity index (χ1n) is 8.67. The van der Waals surface area contributed by atoms with E-state index < -0.39 is 0 Å². The van der Waals surface area contributed by atoms with Crippen molar-refractivity contribution >= 4 is 11.4 Å². The summed E-state index contributed by atoms with van der Waals surface area (Å²) in [5.41, 5.74) is 9.25. The predicted octanol–water partition coefficient (Wildman–Crippen LogP) is 1.16. The van der Waals surface area contributed by atoms with Gasteiger partial charge >= 0.3 is 0 Å². The van der Waals surface area contributed by atoms with Gasteiger partial charge in [-0.15, -0.1) is 0 Å². The van der Waals surface area contributed by atoms with E-state index >= 15 is 0 Å². The number of aliphatic hydroxyl groups excluding tert-OH is 1. The van der Waals surface area contributed by atoms with Gasteiger partial charge in [-0.3, -0.25) is 4.90 Å². The number of benzene rings is 1. The first-order valence-corrected chi connectivity index (χ1v) is 8.67. The molecule has 5 heteroatoms. The van der Waals surface area contributed by atoms with Crippen LogP contribution in [-0.4, -0.2) is 81.0 Å². The number of quaternary nitrogens is 1. The number of nitrogen functional groups attached to an aromatic ring is 1. The van der Waals surface area contributed by atoms with Gasteiger partial charge in [-0.1, -0.05) is 0 Å². The molecule has 0 aliphatic carbocycles. The molecule has 23 heavy (non-hydrogen) atoms. The summed E-state index contributed by atoms with van der Waals surface area (Å²) in [6, 6.07) is 6.35. The molecular weight excluding hydrogens is 288 g/mol. The highest BCUT2D eigenvalue weighted by Crippen LogP contribution is 2.21. The average Bonchev–Trinajstić information content (AvgIpc) is 2.74. The van der Waals surface area contributed by atoms with Crippen molar-refractivity contribution in [3.05, 3.63) is 23.8 Å². The maximum Gasteiger partial charge on any atom is 0.102 e. The number of likely N-dealkylation sites (N-methyl/N-ethyl adjacent to an activating group) is 1. The molecule has 1 aliphatic heterocycles. The molecule has 1 saturated heterocycles. The van der Waals surface area contributed by atoms with Crippen molar-refractivity contribution in [3.8, 4) is 0 Å². The Morgan fingerprint density at radius 1 is 1.13 bits per heavy atom. The van der Waals surface area contributed by atoms with Crippen molar-refractivity contribution in [1.82, 2.24) is 4.90 Å². The minimum absolute atomic E-state index is 0.261. The van der Waals surface area contributed by atoms with Crippen LogP contribution in [0.15, 0.2) is 18.2 Å². The summed E-state index contributed by atoms with van der Waals surface area (Å²) in [6.45, 7) is 9.77. The van der Waals surface area contributed by atoms with Gasteiger partial charge in [0.1, 0.15) is 6.54 Å². The van der Waals surface area contributed by atoms with E-state index in [4.69, 9.17) is 10.8 Å². The van der Waals surface area contributed by atoms with E-state index in [1.54, 1.807) is 0 Å². The normalized spacial score (nSPS) is 17.3. The van der Waals surface area contributed by atoms with Gasteiger partial charge in [0.25, 0.3) is 0 Å². The second-order valence-corrected chi connectivity index (χ2v) is 7.33. The van der Waals surface area contributed by atoms with Crippen LogP contribution in [0.3, 0.4) is 0 Å². The highest BCUT2D eigenvalue weighted by atomic mass is 16.3. The Bertz CT molecular complexity index is 504. The zero-order valence-corrected chi connectivity index (χ0v) is 15.0. The molecule has 1 heterocycles. The molecule has 1 aliphatic rings. The van der Waals surface area contributed by atoms with E-state index in [1.807, 2.05) is 6.07 Å². The Hall–Kier alpha value is -1.30. The lowest BCUT2D eigenvalue weighted by Crippen LogP contribution is -2.47. The zero-order valence-electron chi connectivity index (χ0n) is 15.0. The van der Waals surface area contributed by atoms with Crippen LogP contribution in [0.5, 0.6) is 0 Å². The molecule has 0 unspecified atom stereocenters. The number of hydrogen-bond acceptors (Lipinski definition) is 4. The SMILES string of the molecule is Cc1cc(N2CCCN(CC[N+](C)(C)CCO)CC2)ccc1N. The van der Waals surface area contributed by atoms with E-state index in [1.165, 1.54) is 12.1 Å². The van der Waals surface area contributed by atoms with Crippen molar-refractivity contribution in [2.24, 2.45) is 0 Å². The lowest BCUT2D eigenvalue weighted by molar-refractivity contribution is -0.890.